The predicted molar refractivity (Wildman–Crippen MR) is 75.5 cm³/mol. The Kier molecular flexibility index (Phi) is 3.10. The molecule has 3 rings (SSSR count). The van der Waals surface area contributed by atoms with Crippen molar-refractivity contribution < 1.29 is 0 Å². The van der Waals surface area contributed by atoms with E-state index in [1.807, 2.05) is 18.7 Å². The molecule has 19 heavy (non-hydrogen) atoms. The van der Waals surface area contributed by atoms with E-state index in [4.69, 9.17) is 4.98 Å². The average molecular weight is 260 g/mol. The van der Waals surface area contributed by atoms with Gasteiger partial charge in [0.2, 0.25) is 0 Å². The zero-order chi connectivity index (χ0) is 13.4. The fourth-order valence-electron chi connectivity index (χ4n) is 2.62. The molecule has 1 aliphatic heterocycles. The van der Waals surface area contributed by atoms with Crippen LogP contribution in [0.4, 0.5) is 5.82 Å². The van der Waals surface area contributed by atoms with Gasteiger partial charge in [0.25, 0.3) is 0 Å². The number of hydrogen-bond acceptors (Lipinski definition) is 5. The van der Waals surface area contributed by atoms with E-state index in [-0.39, 0.29) is 0 Å². The molecule has 6 heteroatoms. The Bertz CT molecular complexity index is 597. The van der Waals surface area contributed by atoms with Gasteiger partial charge in [-0.25, -0.2) is 9.97 Å². The molecule has 1 N–H and O–H groups in total. The summed E-state index contributed by atoms with van der Waals surface area (Å²) in [5, 5.41) is 7.87. The number of aromatic nitrogens is 4. The highest BCUT2D eigenvalue weighted by molar-refractivity contribution is 5.88. The highest BCUT2D eigenvalue weighted by Crippen LogP contribution is 2.25. The summed E-state index contributed by atoms with van der Waals surface area (Å²) in [6.45, 7) is 8.08. The Morgan fingerprint density at radius 3 is 2.63 bits per heavy atom. The molecular formula is C13H20N6. The van der Waals surface area contributed by atoms with Gasteiger partial charge >= 0.3 is 0 Å². The lowest BCUT2D eigenvalue weighted by Gasteiger charge is -2.29. The maximum absolute atomic E-state index is 4.74. The molecule has 0 unspecified atom stereocenters. The molecule has 0 spiro atoms. The second-order valence-electron chi connectivity index (χ2n) is 4.96. The molecule has 1 aliphatic rings. The van der Waals surface area contributed by atoms with Crippen LogP contribution in [-0.2, 0) is 13.5 Å². The third kappa shape index (κ3) is 2.06. The number of nitrogens with zero attached hydrogens (tertiary/aromatic N) is 5. The van der Waals surface area contributed by atoms with E-state index in [9.17, 15) is 0 Å². The average Bonchev–Trinajstić information content (AvgIpc) is 2.74. The standard InChI is InChI=1S/C13H20N6/c1-4-10-15-11-9(2)17-18(3)12(11)13(16-10)19-7-5-14-6-8-19/h14H,4-8H2,1-3H3. The van der Waals surface area contributed by atoms with Crippen molar-refractivity contribution in [3.8, 4) is 0 Å². The molecule has 0 amide bonds. The zero-order valence-corrected chi connectivity index (χ0v) is 11.8. The van der Waals surface area contributed by atoms with Crippen LogP contribution in [0.5, 0.6) is 0 Å². The van der Waals surface area contributed by atoms with Gasteiger partial charge < -0.3 is 10.2 Å². The van der Waals surface area contributed by atoms with Crippen LogP contribution in [0.2, 0.25) is 0 Å². The lowest BCUT2D eigenvalue weighted by atomic mass is 10.3. The summed E-state index contributed by atoms with van der Waals surface area (Å²) in [4.78, 5) is 11.7. The molecule has 0 aliphatic carbocycles. The van der Waals surface area contributed by atoms with E-state index in [2.05, 4.69) is 27.2 Å². The van der Waals surface area contributed by atoms with Crippen molar-refractivity contribution in [1.29, 1.82) is 0 Å². The van der Waals surface area contributed by atoms with E-state index in [1.165, 1.54) is 0 Å². The minimum Gasteiger partial charge on any atom is -0.352 e. The fraction of sp³-hybridized carbons (Fsp3) is 0.615. The maximum Gasteiger partial charge on any atom is 0.158 e. The number of aryl methyl sites for hydroxylation is 3. The van der Waals surface area contributed by atoms with Crippen LogP contribution in [0.1, 0.15) is 18.4 Å². The molecule has 2 aromatic heterocycles. The largest absolute Gasteiger partial charge is 0.352 e. The van der Waals surface area contributed by atoms with E-state index >= 15 is 0 Å². The SMILES string of the molecule is CCc1nc(N2CCNCC2)c2c(n1)c(C)nn2C. The van der Waals surface area contributed by atoms with Crippen LogP contribution in [-0.4, -0.2) is 45.9 Å². The van der Waals surface area contributed by atoms with Gasteiger partial charge in [0.05, 0.1) is 5.69 Å². The minimum absolute atomic E-state index is 0.851. The van der Waals surface area contributed by atoms with Crippen molar-refractivity contribution in [3.05, 3.63) is 11.5 Å². The smallest absolute Gasteiger partial charge is 0.158 e. The Morgan fingerprint density at radius 2 is 1.95 bits per heavy atom. The summed E-state index contributed by atoms with van der Waals surface area (Å²) in [6, 6.07) is 0. The molecule has 102 valence electrons. The number of fused-ring (bicyclic) bond motifs is 1. The van der Waals surface area contributed by atoms with Gasteiger partial charge in [-0.1, -0.05) is 6.92 Å². The fourth-order valence-corrected chi connectivity index (χ4v) is 2.62. The number of nitrogens with one attached hydrogen (secondary N) is 1. The van der Waals surface area contributed by atoms with Gasteiger partial charge in [-0.3, -0.25) is 4.68 Å². The van der Waals surface area contributed by atoms with Gasteiger partial charge in [-0.05, 0) is 6.92 Å². The van der Waals surface area contributed by atoms with Crippen LogP contribution < -0.4 is 10.2 Å². The van der Waals surface area contributed by atoms with Crippen molar-refractivity contribution in [2.75, 3.05) is 31.1 Å². The summed E-state index contributed by atoms with van der Waals surface area (Å²) in [5.41, 5.74) is 3.02. The molecule has 0 bridgehead atoms. The van der Waals surface area contributed by atoms with Gasteiger partial charge in [0.1, 0.15) is 16.9 Å². The first-order valence-corrected chi connectivity index (χ1v) is 6.86. The van der Waals surface area contributed by atoms with Crippen LogP contribution >= 0.6 is 0 Å². The van der Waals surface area contributed by atoms with E-state index in [0.29, 0.717) is 0 Å². The van der Waals surface area contributed by atoms with Gasteiger partial charge in [-0.2, -0.15) is 5.10 Å². The molecule has 2 aromatic rings. The van der Waals surface area contributed by atoms with Crippen molar-refractivity contribution in [2.24, 2.45) is 7.05 Å². The monoisotopic (exact) mass is 260 g/mol. The van der Waals surface area contributed by atoms with E-state index < -0.39 is 0 Å². The maximum atomic E-state index is 4.74. The highest BCUT2D eigenvalue weighted by Gasteiger charge is 2.20. The molecule has 6 nitrogen and oxygen atoms in total. The lowest BCUT2D eigenvalue weighted by Crippen LogP contribution is -2.44. The van der Waals surface area contributed by atoms with Gasteiger partial charge in [-0.15, -0.1) is 0 Å². The van der Waals surface area contributed by atoms with Crippen LogP contribution in [0.3, 0.4) is 0 Å². The summed E-state index contributed by atoms with van der Waals surface area (Å²) in [6.07, 6.45) is 0.851. The normalized spacial score (nSPS) is 16.3. The predicted octanol–water partition coefficient (Wildman–Crippen LogP) is 0.644. The first-order valence-electron chi connectivity index (χ1n) is 6.86. The third-order valence-electron chi connectivity index (χ3n) is 3.61. The summed E-state index contributed by atoms with van der Waals surface area (Å²) >= 11 is 0. The summed E-state index contributed by atoms with van der Waals surface area (Å²) in [7, 11) is 1.97. The van der Waals surface area contributed by atoms with Crippen LogP contribution in [0.25, 0.3) is 11.0 Å². The third-order valence-corrected chi connectivity index (χ3v) is 3.61. The molecule has 0 aromatic carbocycles. The van der Waals surface area contributed by atoms with E-state index in [1.54, 1.807) is 0 Å². The molecule has 1 fully saturated rings. The first-order chi connectivity index (χ1) is 9.20. The number of rotatable bonds is 2. The Labute approximate surface area is 112 Å². The second-order valence-corrected chi connectivity index (χ2v) is 4.96. The molecule has 3 heterocycles. The van der Waals surface area contributed by atoms with Gasteiger partial charge in [0, 0.05) is 39.6 Å². The zero-order valence-electron chi connectivity index (χ0n) is 11.8. The lowest BCUT2D eigenvalue weighted by molar-refractivity contribution is 0.584. The molecule has 1 saturated heterocycles. The second kappa shape index (κ2) is 4.77. The molecule has 0 radical (unpaired) electrons. The number of anilines is 1. The van der Waals surface area contributed by atoms with E-state index in [0.717, 1.165) is 61.0 Å². The van der Waals surface area contributed by atoms with Crippen molar-refractivity contribution in [1.82, 2.24) is 25.1 Å². The summed E-state index contributed by atoms with van der Waals surface area (Å²) < 4.78 is 1.90. The molecule has 0 saturated carbocycles. The van der Waals surface area contributed by atoms with Crippen molar-refractivity contribution in [2.45, 2.75) is 20.3 Å². The molecular weight excluding hydrogens is 240 g/mol. The van der Waals surface area contributed by atoms with Gasteiger partial charge in [0.15, 0.2) is 5.82 Å². The van der Waals surface area contributed by atoms with Crippen molar-refractivity contribution in [3.63, 3.8) is 0 Å². The Hall–Kier alpha value is -1.69. The Balaban J connectivity index is 2.19. The number of piperazine rings is 1. The Morgan fingerprint density at radius 1 is 1.21 bits per heavy atom. The first kappa shape index (κ1) is 12.3. The number of hydrogen-bond donors (Lipinski definition) is 1. The van der Waals surface area contributed by atoms with Crippen LogP contribution in [0.15, 0.2) is 0 Å². The molecule has 0 atom stereocenters. The van der Waals surface area contributed by atoms with Crippen LogP contribution in [0, 0.1) is 6.92 Å². The minimum atomic E-state index is 0.851. The summed E-state index contributed by atoms with van der Waals surface area (Å²) in [5.74, 6) is 1.93. The quantitative estimate of drug-likeness (QED) is 0.859. The highest BCUT2D eigenvalue weighted by atomic mass is 15.3. The van der Waals surface area contributed by atoms with Crippen molar-refractivity contribution >= 4 is 16.9 Å². The topological polar surface area (TPSA) is 58.9 Å².